The number of hydrogen-bond donors (Lipinski definition) is 1. The predicted molar refractivity (Wildman–Crippen MR) is 106 cm³/mol. The van der Waals surface area contributed by atoms with E-state index in [-0.39, 0.29) is 22.9 Å². The van der Waals surface area contributed by atoms with Gasteiger partial charge in [0.25, 0.3) is 17.4 Å². The van der Waals surface area contributed by atoms with Gasteiger partial charge in [-0.15, -0.1) is 0 Å². The van der Waals surface area contributed by atoms with E-state index in [2.05, 4.69) is 5.32 Å². The number of benzene rings is 1. The fourth-order valence-electron chi connectivity index (χ4n) is 3.37. The first kappa shape index (κ1) is 19.7. The van der Waals surface area contributed by atoms with Crippen LogP contribution in [0.25, 0.3) is 0 Å². The number of hydrogen-bond acceptors (Lipinski definition) is 4. The molecule has 0 saturated carbocycles. The SMILES string of the molecule is COc1cccc(C(=O)NCC2CCN(C(=O)c3cccn(C)c3=O)CC2)c1. The van der Waals surface area contributed by atoms with E-state index in [1.807, 2.05) is 0 Å². The zero-order valence-electron chi connectivity index (χ0n) is 16.2. The lowest BCUT2D eigenvalue weighted by molar-refractivity contribution is 0.0682. The smallest absolute Gasteiger partial charge is 0.263 e. The molecule has 0 aliphatic carbocycles. The number of ether oxygens (including phenoxy) is 1. The molecule has 0 unspecified atom stereocenters. The Morgan fingerprint density at radius 3 is 2.64 bits per heavy atom. The third-order valence-corrected chi connectivity index (χ3v) is 5.14. The van der Waals surface area contributed by atoms with Crippen molar-refractivity contribution in [3.05, 3.63) is 64.1 Å². The summed E-state index contributed by atoms with van der Waals surface area (Å²) in [5.41, 5.74) is 0.488. The molecule has 7 heteroatoms. The number of methoxy groups -OCH3 is 1. The zero-order valence-corrected chi connectivity index (χ0v) is 16.2. The third-order valence-electron chi connectivity index (χ3n) is 5.14. The van der Waals surface area contributed by atoms with Gasteiger partial charge in [0.1, 0.15) is 11.3 Å². The van der Waals surface area contributed by atoms with Gasteiger partial charge in [-0.05, 0) is 49.1 Å². The number of aromatic nitrogens is 1. The Bertz CT molecular complexity index is 914. The Kier molecular flexibility index (Phi) is 6.13. The van der Waals surface area contributed by atoms with Gasteiger partial charge >= 0.3 is 0 Å². The molecule has 0 atom stereocenters. The van der Waals surface area contributed by atoms with Gasteiger partial charge in [-0.3, -0.25) is 14.4 Å². The van der Waals surface area contributed by atoms with E-state index in [0.717, 1.165) is 12.8 Å². The quantitative estimate of drug-likeness (QED) is 0.852. The minimum absolute atomic E-state index is 0.134. The Morgan fingerprint density at radius 2 is 1.93 bits per heavy atom. The monoisotopic (exact) mass is 383 g/mol. The number of carbonyl (C=O) groups excluding carboxylic acids is 2. The van der Waals surface area contributed by atoms with Gasteiger partial charge < -0.3 is 19.5 Å². The fraction of sp³-hybridized carbons (Fsp3) is 0.381. The summed E-state index contributed by atoms with van der Waals surface area (Å²) in [6.07, 6.45) is 3.21. The van der Waals surface area contributed by atoms with Crippen LogP contribution >= 0.6 is 0 Å². The highest BCUT2D eigenvalue weighted by Crippen LogP contribution is 2.18. The van der Waals surface area contributed by atoms with Gasteiger partial charge in [0, 0.05) is 38.4 Å². The highest BCUT2D eigenvalue weighted by atomic mass is 16.5. The minimum Gasteiger partial charge on any atom is -0.497 e. The van der Waals surface area contributed by atoms with Crippen molar-refractivity contribution >= 4 is 11.8 Å². The van der Waals surface area contributed by atoms with Gasteiger partial charge in [-0.25, -0.2) is 0 Å². The number of nitrogens with one attached hydrogen (secondary N) is 1. The summed E-state index contributed by atoms with van der Waals surface area (Å²) in [4.78, 5) is 38.8. The molecule has 3 rings (SSSR count). The second-order valence-electron chi connectivity index (χ2n) is 7.02. The van der Waals surface area contributed by atoms with Crippen molar-refractivity contribution in [2.24, 2.45) is 13.0 Å². The van der Waals surface area contributed by atoms with Crippen LogP contribution in [0.3, 0.4) is 0 Å². The molecule has 2 amide bonds. The van der Waals surface area contributed by atoms with Crippen molar-refractivity contribution in [2.45, 2.75) is 12.8 Å². The summed E-state index contributed by atoms with van der Waals surface area (Å²) < 4.78 is 6.56. The van der Waals surface area contributed by atoms with Crippen LogP contribution in [0.15, 0.2) is 47.4 Å². The maximum absolute atomic E-state index is 12.6. The lowest BCUT2D eigenvalue weighted by Crippen LogP contribution is -2.43. The van der Waals surface area contributed by atoms with E-state index < -0.39 is 0 Å². The second kappa shape index (κ2) is 8.73. The van der Waals surface area contributed by atoms with E-state index in [1.165, 1.54) is 4.57 Å². The van der Waals surface area contributed by atoms with Crippen LogP contribution in [0.5, 0.6) is 5.75 Å². The number of likely N-dealkylation sites (tertiary alicyclic amines) is 1. The molecule has 0 spiro atoms. The second-order valence-corrected chi connectivity index (χ2v) is 7.02. The lowest BCUT2D eigenvalue weighted by Gasteiger charge is -2.32. The van der Waals surface area contributed by atoms with E-state index in [4.69, 9.17) is 4.74 Å². The standard InChI is InChI=1S/C21H25N3O4/c1-23-10-4-7-18(20(23)26)21(27)24-11-8-15(9-12-24)14-22-19(25)16-5-3-6-17(13-16)28-2/h3-7,10,13,15H,8-9,11-12,14H2,1-2H3,(H,22,25). The number of amides is 2. The summed E-state index contributed by atoms with van der Waals surface area (Å²) in [5, 5.41) is 2.96. The first-order valence-corrected chi connectivity index (χ1v) is 9.36. The number of nitrogens with zero attached hydrogens (tertiary/aromatic N) is 2. The van der Waals surface area contributed by atoms with Crippen molar-refractivity contribution in [3.63, 3.8) is 0 Å². The van der Waals surface area contributed by atoms with E-state index in [9.17, 15) is 14.4 Å². The lowest BCUT2D eigenvalue weighted by atomic mass is 9.96. The topological polar surface area (TPSA) is 80.6 Å². The first-order chi connectivity index (χ1) is 13.5. The summed E-state index contributed by atoms with van der Waals surface area (Å²) >= 11 is 0. The molecule has 1 fully saturated rings. The maximum atomic E-state index is 12.6. The summed E-state index contributed by atoms with van der Waals surface area (Å²) in [7, 11) is 3.20. The molecule has 0 bridgehead atoms. The van der Waals surface area contributed by atoms with Crippen LogP contribution < -0.4 is 15.6 Å². The molecule has 1 aromatic carbocycles. The van der Waals surface area contributed by atoms with Crippen LogP contribution in [0, 0.1) is 5.92 Å². The van der Waals surface area contributed by atoms with Gasteiger partial charge in [0.15, 0.2) is 0 Å². The average molecular weight is 383 g/mol. The normalized spacial score (nSPS) is 14.6. The molecule has 148 valence electrons. The van der Waals surface area contributed by atoms with Crippen LogP contribution in [0.2, 0.25) is 0 Å². The number of piperidine rings is 1. The van der Waals surface area contributed by atoms with Crippen molar-refractivity contribution in [2.75, 3.05) is 26.7 Å². The molecule has 1 saturated heterocycles. The molecule has 1 aromatic heterocycles. The average Bonchev–Trinajstić information content (AvgIpc) is 2.74. The van der Waals surface area contributed by atoms with E-state index in [0.29, 0.717) is 36.9 Å². The number of aryl methyl sites for hydroxylation is 1. The molecule has 2 aromatic rings. The van der Waals surface area contributed by atoms with Gasteiger partial charge in [0.05, 0.1) is 7.11 Å². The summed E-state index contributed by atoms with van der Waals surface area (Å²) in [5.74, 6) is 0.592. The molecule has 28 heavy (non-hydrogen) atoms. The third kappa shape index (κ3) is 4.42. The van der Waals surface area contributed by atoms with Crippen LogP contribution in [-0.2, 0) is 7.05 Å². The Hall–Kier alpha value is -3.09. The first-order valence-electron chi connectivity index (χ1n) is 9.36. The van der Waals surface area contributed by atoms with Crippen LogP contribution in [0.1, 0.15) is 33.6 Å². The molecule has 2 heterocycles. The molecule has 1 aliphatic heterocycles. The molecule has 1 aliphatic rings. The minimum atomic E-state index is -0.278. The molecular weight excluding hydrogens is 358 g/mol. The zero-order chi connectivity index (χ0) is 20.1. The Labute approximate surface area is 163 Å². The largest absolute Gasteiger partial charge is 0.497 e. The highest BCUT2D eigenvalue weighted by molar-refractivity contribution is 5.94. The van der Waals surface area contributed by atoms with Crippen molar-refractivity contribution in [3.8, 4) is 5.75 Å². The fourth-order valence-corrected chi connectivity index (χ4v) is 3.37. The number of rotatable bonds is 5. The van der Waals surface area contributed by atoms with Crippen LogP contribution in [0.4, 0.5) is 0 Å². The molecular formula is C21H25N3O4. The predicted octanol–water partition coefficient (Wildman–Crippen LogP) is 1.68. The van der Waals surface area contributed by atoms with Gasteiger partial charge in [-0.1, -0.05) is 6.07 Å². The van der Waals surface area contributed by atoms with Crippen molar-refractivity contribution in [1.82, 2.24) is 14.8 Å². The highest BCUT2D eigenvalue weighted by Gasteiger charge is 2.25. The van der Waals surface area contributed by atoms with Crippen molar-refractivity contribution in [1.29, 1.82) is 0 Å². The summed E-state index contributed by atoms with van der Waals surface area (Å²) in [6, 6.07) is 10.3. The van der Waals surface area contributed by atoms with Gasteiger partial charge in [-0.2, -0.15) is 0 Å². The Balaban J connectivity index is 1.51. The van der Waals surface area contributed by atoms with Gasteiger partial charge in [0.2, 0.25) is 0 Å². The van der Waals surface area contributed by atoms with Crippen molar-refractivity contribution < 1.29 is 14.3 Å². The van der Waals surface area contributed by atoms with Crippen LogP contribution in [-0.4, -0.2) is 48.0 Å². The number of carbonyl (C=O) groups is 2. The molecule has 0 radical (unpaired) electrons. The molecule has 1 N–H and O–H groups in total. The van der Waals surface area contributed by atoms with E-state index in [1.54, 1.807) is 61.7 Å². The summed E-state index contributed by atoms with van der Waals surface area (Å²) in [6.45, 7) is 1.72. The number of pyridine rings is 1. The Morgan fingerprint density at radius 1 is 1.18 bits per heavy atom. The van der Waals surface area contributed by atoms with E-state index >= 15 is 0 Å². The molecule has 7 nitrogen and oxygen atoms in total. The maximum Gasteiger partial charge on any atom is 0.263 e.